The second kappa shape index (κ2) is 4.52. The summed E-state index contributed by atoms with van der Waals surface area (Å²) in [5.74, 6) is 0.106. The van der Waals surface area contributed by atoms with Crippen molar-refractivity contribution in [2.75, 3.05) is 0 Å². The lowest BCUT2D eigenvalue weighted by Crippen LogP contribution is -2.00. The number of benzene rings is 1. The number of hydrogen-bond acceptors (Lipinski definition) is 2. The van der Waals surface area contributed by atoms with Crippen LogP contribution in [0.1, 0.15) is 25.7 Å². The van der Waals surface area contributed by atoms with Crippen molar-refractivity contribution in [2.45, 2.75) is 13.8 Å². The fourth-order valence-electron chi connectivity index (χ4n) is 1.61. The van der Waals surface area contributed by atoms with Gasteiger partial charge in [0, 0.05) is 25.4 Å². The molecular weight excluding hydrogens is 284 g/mol. The predicted molar refractivity (Wildman–Crippen MR) is 71.4 cm³/mol. The summed E-state index contributed by atoms with van der Waals surface area (Å²) in [6, 6.07) is 9.44. The van der Waals surface area contributed by atoms with Crippen molar-refractivity contribution in [1.29, 1.82) is 0 Å². The van der Waals surface area contributed by atoms with Crippen molar-refractivity contribution in [1.82, 2.24) is 0 Å². The Balaban J connectivity index is 2.39. The summed E-state index contributed by atoms with van der Waals surface area (Å²) in [7, 11) is 0. The Hall–Kier alpha value is -0.930. The Kier molecular flexibility index (Phi) is 3.26. The molecule has 0 amide bonds. The van der Waals surface area contributed by atoms with E-state index in [0.717, 1.165) is 20.5 Å². The van der Waals surface area contributed by atoms with E-state index >= 15 is 0 Å². The standard InChI is InChI=1S/C13H11BrOS/c1-8-7-12(9(2)16-8)13(15)10-3-5-11(14)6-4-10/h3-7H,1-2H3. The summed E-state index contributed by atoms with van der Waals surface area (Å²) in [6.45, 7) is 4.01. The third kappa shape index (κ3) is 2.25. The lowest BCUT2D eigenvalue weighted by atomic mass is 10.0. The molecule has 0 aliphatic heterocycles. The SMILES string of the molecule is Cc1cc(C(=O)c2ccc(Br)cc2)c(C)s1. The molecule has 2 rings (SSSR count). The van der Waals surface area contributed by atoms with Crippen LogP contribution in [-0.4, -0.2) is 5.78 Å². The van der Waals surface area contributed by atoms with Crippen molar-refractivity contribution in [3.05, 3.63) is 55.7 Å². The number of aryl methyl sites for hydroxylation is 2. The molecule has 0 bridgehead atoms. The molecule has 1 nitrogen and oxygen atoms in total. The van der Waals surface area contributed by atoms with Crippen LogP contribution >= 0.6 is 27.3 Å². The Morgan fingerprint density at radius 2 is 1.81 bits per heavy atom. The zero-order valence-electron chi connectivity index (χ0n) is 9.08. The summed E-state index contributed by atoms with van der Waals surface area (Å²) in [4.78, 5) is 14.5. The lowest BCUT2D eigenvalue weighted by Gasteiger charge is -2.00. The van der Waals surface area contributed by atoms with Gasteiger partial charge < -0.3 is 0 Å². The maximum atomic E-state index is 12.2. The molecule has 2 aromatic rings. The van der Waals surface area contributed by atoms with E-state index in [-0.39, 0.29) is 5.78 Å². The zero-order valence-corrected chi connectivity index (χ0v) is 11.5. The number of halogens is 1. The van der Waals surface area contributed by atoms with Gasteiger partial charge >= 0.3 is 0 Å². The Morgan fingerprint density at radius 1 is 1.19 bits per heavy atom. The molecule has 3 heteroatoms. The number of ketones is 1. The Morgan fingerprint density at radius 3 is 2.31 bits per heavy atom. The van der Waals surface area contributed by atoms with E-state index in [9.17, 15) is 4.79 Å². The largest absolute Gasteiger partial charge is 0.289 e. The number of rotatable bonds is 2. The van der Waals surface area contributed by atoms with Crippen LogP contribution in [-0.2, 0) is 0 Å². The molecule has 0 radical (unpaired) electrons. The van der Waals surface area contributed by atoms with E-state index in [1.54, 1.807) is 11.3 Å². The first kappa shape index (κ1) is 11.6. The van der Waals surface area contributed by atoms with Crippen molar-refractivity contribution in [3.63, 3.8) is 0 Å². The van der Waals surface area contributed by atoms with E-state index in [0.29, 0.717) is 0 Å². The summed E-state index contributed by atoms with van der Waals surface area (Å²) in [5.41, 5.74) is 1.56. The van der Waals surface area contributed by atoms with Crippen LogP contribution < -0.4 is 0 Å². The fraction of sp³-hybridized carbons (Fsp3) is 0.154. The average Bonchev–Trinajstić information content (AvgIpc) is 2.58. The molecule has 0 atom stereocenters. The van der Waals surface area contributed by atoms with Crippen LogP contribution in [0.2, 0.25) is 0 Å². The smallest absolute Gasteiger partial charge is 0.194 e. The van der Waals surface area contributed by atoms with Crippen LogP contribution in [0.25, 0.3) is 0 Å². The summed E-state index contributed by atoms with van der Waals surface area (Å²) >= 11 is 5.03. The Bertz CT molecular complexity index is 525. The normalized spacial score (nSPS) is 10.4. The molecule has 0 N–H and O–H groups in total. The minimum Gasteiger partial charge on any atom is -0.289 e. The van der Waals surface area contributed by atoms with Crippen LogP contribution in [0.4, 0.5) is 0 Å². The molecule has 1 aromatic carbocycles. The maximum absolute atomic E-state index is 12.2. The van der Waals surface area contributed by atoms with Crippen molar-refractivity contribution < 1.29 is 4.79 Å². The molecule has 1 heterocycles. The molecule has 0 unspecified atom stereocenters. The van der Waals surface area contributed by atoms with Gasteiger partial charge in [0.1, 0.15) is 0 Å². The first-order chi connectivity index (χ1) is 7.58. The summed E-state index contributed by atoms with van der Waals surface area (Å²) < 4.78 is 0.988. The van der Waals surface area contributed by atoms with Gasteiger partial charge in [-0.3, -0.25) is 4.79 Å². The molecule has 0 aliphatic rings. The number of carbonyl (C=O) groups excluding carboxylic acids is 1. The molecular formula is C13H11BrOS. The second-order valence-corrected chi connectivity index (χ2v) is 6.04. The van der Waals surface area contributed by atoms with Gasteiger partial charge in [0.15, 0.2) is 5.78 Å². The number of carbonyl (C=O) groups is 1. The lowest BCUT2D eigenvalue weighted by molar-refractivity contribution is 0.103. The molecule has 0 saturated heterocycles. The fourth-order valence-corrected chi connectivity index (χ4v) is 2.80. The molecule has 1 aromatic heterocycles. The van der Waals surface area contributed by atoms with Gasteiger partial charge in [-0.25, -0.2) is 0 Å². The van der Waals surface area contributed by atoms with Gasteiger partial charge in [0.25, 0.3) is 0 Å². The van der Waals surface area contributed by atoms with E-state index in [2.05, 4.69) is 15.9 Å². The van der Waals surface area contributed by atoms with Gasteiger partial charge in [-0.15, -0.1) is 11.3 Å². The number of thiophene rings is 1. The second-order valence-electron chi connectivity index (χ2n) is 3.66. The molecule has 16 heavy (non-hydrogen) atoms. The third-order valence-corrected chi connectivity index (χ3v) is 3.89. The molecule has 82 valence electrons. The van der Waals surface area contributed by atoms with Gasteiger partial charge in [0.05, 0.1) is 0 Å². The van der Waals surface area contributed by atoms with Gasteiger partial charge in [-0.2, -0.15) is 0 Å². The van der Waals surface area contributed by atoms with Crippen LogP contribution in [0.5, 0.6) is 0 Å². The van der Waals surface area contributed by atoms with Gasteiger partial charge in [-0.1, -0.05) is 15.9 Å². The van der Waals surface area contributed by atoms with Crippen molar-refractivity contribution in [3.8, 4) is 0 Å². The first-order valence-corrected chi connectivity index (χ1v) is 6.56. The summed E-state index contributed by atoms with van der Waals surface area (Å²) in [5, 5.41) is 0. The van der Waals surface area contributed by atoms with Gasteiger partial charge in [0.2, 0.25) is 0 Å². The van der Waals surface area contributed by atoms with E-state index < -0.39 is 0 Å². The first-order valence-electron chi connectivity index (χ1n) is 4.95. The van der Waals surface area contributed by atoms with Crippen molar-refractivity contribution >= 4 is 33.0 Å². The van der Waals surface area contributed by atoms with Gasteiger partial charge in [-0.05, 0) is 44.2 Å². The predicted octanol–water partition coefficient (Wildman–Crippen LogP) is 4.36. The number of hydrogen-bond donors (Lipinski definition) is 0. The van der Waals surface area contributed by atoms with Crippen molar-refractivity contribution in [2.24, 2.45) is 0 Å². The van der Waals surface area contributed by atoms with E-state index in [4.69, 9.17) is 0 Å². The quantitative estimate of drug-likeness (QED) is 0.752. The highest BCUT2D eigenvalue weighted by molar-refractivity contribution is 9.10. The van der Waals surface area contributed by atoms with Crippen LogP contribution in [0.15, 0.2) is 34.8 Å². The minimum atomic E-state index is 0.106. The molecule has 0 fully saturated rings. The van der Waals surface area contributed by atoms with Crippen LogP contribution in [0, 0.1) is 13.8 Å². The monoisotopic (exact) mass is 294 g/mol. The van der Waals surface area contributed by atoms with E-state index in [1.807, 2.05) is 44.2 Å². The molecule has 0 spiro atoms. The zero-order chi connectivity index (χ0) is 11.7. The molecule has 0 aliphatic carbocycles. The average molecular weight is 295 g/mol. The maximum Gasteiger partial charge on any atom is 0.194 e. The minimum absolute atomic E-state index is 0.106. The molecule has 0 saturated carbocycles. The highest BCUT2D eigenvalue weighted by Crippen LogP contribution is 2.23. The highest BCUT2D eigenvalue weighted by Gasteiger charge is 2.13. The van der Waals surface area contributed by atoms with Crippen LogP contribution in [0.3, 0.4) is 0 Å². The highest BCUT2D eigenvalue weighted by atomic mass is 79.9. The summed E-state index contributed by atoms with van der Waals surface area (Å²) in [6.07, 6.45) is 0. The van der Waals surface area contributed by atoms with E-state index in [1.165, 1.54) is 4.88 Å². The third-order valence-electron chi connectivity index (χ3n) is 2.39. The topological polar surface area (TPSA) is 17.1 Å². The Labute approximate surface area is 107 Å².